The van der Waals surface area contributed by atoms with Crippen molar-refractivity contribution >= 4 is 32.3 Å². The quantitative estimate of drug-likeness (QED) is 0.391. The summed E-state index contributed by atoms with van der Waals surface area (Å²) in [6.07, 6.45) is 1.08. The van der Waals surface area contributed by atoms with Gasteiger partial charge in [0.2, 0.25) is 0 Å². The molecular formula is C23H25NS. The topological polar surface area (TPSA) is 4.93 Å². The van der Waals surface area contributed by atoms with Crippen LogP contribution in [-0.4, -0.2) is 4.57 Å². The van der Waals surface area contributed by atoms with E-state index in [0.29, 0.717) is 0 Å². The molecule has 2 aromatic carbocycles. The summed E-state index contributed by atoms with van der Waals surface area (Å²) in [6.45, 7) is 12.2. The molecule has 0 aliphatic carbocycles. The van der Waals surface area contributed by atoms with E-state index in [1.165, 1.54) is 54.5 Å². The van der Waals surface area contributed by atoms with Crippen LogP contribution in [0, 0.1) is 34.6 Å². The minimum atomic E-state index is 1.04. The van der Waals surface area contributed by atoms with E-state index < -0.39 is 0 Å². The van der Waals surface area contributed by atoms with Gasteiger partial charge in [-0.3, -0.25) is 0 Å². The van der Waals surface area contributed by atoms with Crippen LogP contribution >= 0.6 is 11.3 Å². The van der Waals surface area contributed by atoms with Gasteiger partial charge in [0.15, 0.2) is 0 Å². The second-order valence-corrected chi connectivity index (χ2v) is 8.25. The SMILES string of the molecule is Cc1cc2c(C)c(C)n(CCc3cc4sccc4cc3C)c2cc1C. The monoisotopic (exact) mass is 347 g/mol. The van der Waals surface area contributed by atoms with Crippen molar-refractivity contribution in [1.29, 1.82) is 0 Å². The summed E-state index contributed by atoms with van der Waals surface area (Å²) in [5, 5.41) is 4.97. The van der Waals surface area contributed by atoms with Crippen molar-refractivity contribution in [3.8, 4) is 0 Å². The van der Waals surface area contributed by atoms with Crippen LogP contribution in [0.15, 0.2) is 35.7 Å². The summed E-state index contributed by atoms with van der Waals surface area (Å²) in [5.74, 6) is 0. The molecule has 0 N–H and O–H groups in total. The number of fused-ring (bicyclic) bond motifs is 2. The number of aryl methyl sites for hydroxylation is 6. The molecule has 1 nitrogen and oxygen atoms in total. The van der Waals surface area contributed by atoms with Crippen molar-refractivity contribution < 1.29 is 0 Å². The number of nitrogens with zero attached hydrogens (tertiary/aromatic N) is 1. The fourth-order valence-corrected chi connectivity index (χ4v) is 4.69. The minimum Gasteiger partial charge on any atom is -0.344 e. The maximum atomic E-state index is 2.51. The summed E-state index contributed by atoms with van der Waals surface area (Å²) in [7, 11) is 0. The molecule has 0 spiro atoms. The van der Waals surface area contributed by atoms with Gasteiger partial charge >= 0.3 is 0 Å². The van der Waals surface area contributed by atoms with Gasteiger partial charge in [-0.05, 0) is 104 Å². The highest BCUT2D eigenvalue weighted by molar-refractivity contribution is 7.17. The van der Waals surface area contributed by atoms with E-state index in [-0.39, 0.29) is 0 Å². The smallest absolute Gasteiger partial charge is 0.0488 e. The summed E-state index contributed by atoms with van der Waals surface area (Å²) >= 11 is 1.84. The third-order valence-electron chi connectivity index (χ3n) is 5.77. The Balaban J connectivity index is 1.74. The van der Waals surface area contributed by atoms with Gasteiger partial charge < -0.3 is 4.57 Å². The maximum Gasteiger partial charge on any atom is 0.0488 e. The van der Waals surface area contributed by atoms with Crippen LogP contribution in [0.2, 0.25) is 0 Å². The first-order valence-corrected chi connectivity index (χ1v) is 9.87. The predicted octanol–water partition coefficient (Wildman–Crippen LogP) is 6.64. The van der Waals surface area contributed by atoms with Gasteiger partial charge in [-0.25, -0.2) is 0 Å². The van der Waals surface area contributed by atoms with Crippen LogP contribution in [0.5, 0.6) is 0 Å². The van der Waals surface area contributed by atoms with E-state index in [1.54, 1.807) is 0 Å². The Bertz CT molecular complexity index is 1090. The maximum absolute atomic E-state index is 2.51. The zero-order valence-electron chi connectivity index (χ0n) is 15.7. The number of thiophene rings is 1. The highest BCUT2D eigenvalue weighted by Crippen LogP contribution is 2.29. The lowest BCUT2D eigenvalue weighted by Gasteiger charge is -2.12. The number of benzene rings is 2. The molecule has 0 atom stereocenters. The summed E-state index contributed by atoms with van der Waals surface area (Å²) < 4.78 is 3.91. The van der Waals surface area contributed by atoms with Gasteiger partial charge in [-0.15, -0.1) is 11.3 Å². The Morgan fingerprint density at radius 1 is 0.880 bits per heavy atom. The Kier molecular flexibility index (Phi) is 3.96. The van der Waals surface area contributed by atoms with Crippen LogP contribution in [0.3, 0.4) is 0 Å². The van der Waals surface area contributed by atoms with E-state index in [2.05, 4.69) is 74.9 Å². The molecule has 0 aliphatic rings. The van der Waals surface area contributed by atoms with Crippen LogP contribution in [0.25, 0.3) is 21.0 Å². The molecule has 0 unspecified atom stereocenters. The van der Waals surface area contributed by atoms with Crippen molar-refractivity contribution in [3.05, 3.63) is 69.2 Å². The molecule has 2 aromatic heterocycles. The van der Waals surface area contributed by atoms with Gasteiger partial charge in [0, 0.05) is 27.8 Å². The van der Waals surface area contributed by atoms with E-state index in [1.807, 2.05) is 11.3 Å². The third-order valence-corrected chi connectivity index (χ3v) is 6.65. The van der Waals surface area contributed by atoms with Crippen LogP contribution in [-0.2, 0) is 13.0 Å². The van der Waals surface area contributed by atoms with Gasteiger partial charge in [0.05, 0.1) is 0 Å². The highest BCUT2D eigenvalue weighted by atomic mass is 32.1. The van der Waals surface area contributed by atoms with E-state index >= 15 is 0 Å². The lowest BCUT2D eigenvalue weighted by atomic mass is 10.0. The Hall–Kier alpha value is -2.06. The number of rotatable bonds is 3. The fraction of sp³-hybridized carbons (Fsp3) is 0.304. The van der Waals surface area contributed by atoms with E-state index in [4.69, 9.17) is 0 Å². The van der Waals surface area contributed by atoms with Crippen molar-refractivity contribution in [2.45, 2.75) is 47.6 Å². The van der Waals surface area contributed by atoms with Crippen molar-refractivity contribution in [1.82, 2.24) is 4.57 Å². The molecule has 0 saturated carbocycles. The third kappa shape index (κ3) is 2.69. The van der Waals surface area contributed by atoms with Crippen molar-refractivity contribution in [2.75, 3.05) is 0 Å². The number of hydrogen-bond acceptors (Lipinski definition) is 1. The highest BCUT2D eigenvalue weighted by Gasteiger charge is 2.13. The first-order chi connectivity index (χ1) is 12.0. The average Bonchev–Trinajstić information content (AvgIpc) is 3.11. The Morgan fingerprint density at radius 3 is 2.44 bits per heavy atom. The molecule has 0 amide bonds. The molecule has 2 heterocycles. The van der Waals surface area contributed by atoms with E-state index in [9.17, 15) is 0 Å². The number of aromatic nitrogens is 1. The normalized spacial score (nSPS) is 11.7. The van der Waals surface area contributed by atoms with Gasteiger partial charge in [-0.2, -0.15) is 0 Å². The van der Waals surface area contributed by atoms with Crippen LogP contribution < -0.4 is 0 Å². The van der Waals surface area contributed by atoms with Gasteiger partial charge in [0.1, 0.15) is 0 Å². The molecule has 0 saturated heterocycles. The average molecular weight is 348 g/mol. The first kappa shape index (κ1) is 16.4. The zero-order valence-corrected chi connectivity index (χ0v) is 16.6. The number of hydrogen-bond donors (Lipinski definition) is 0. The summed E-state index contributed by atoms with van der Waals surface area (Å²) in [4.78, 5) is 0. The lowest BCUT2D eigenvalue weighted by molar-refractivity contribution is 0.699. The van der Waals surface area contributed by atoms with Crippen LogP contribution in [0.1, 0.15) is 33.5 Å². The Labute approximate surface area is 153 Å². The van der Waals surface area contributed by atoms with Crippen molar-refractivity contribution in [2.24, 2.45) is 0 Å². The second kappa shape index (κ2) is 6.03. The predicted molar refractivity (Wildman–Crippen MR) is 111 cm³/mol. The molecule has 4 rings (SSSR count). The molecule has 4 aromatic rings. The zero-order chi connectivity index (χ0) is 17.7. The molecule has 0 radical (unpaired) electrons. The van der Waals surface area contributed by atoms with E-state index in [0.717, 1.165) is 13.0 Å². The molecule has 2 heteroatoms. The second-order valence-electron chi connectivity index (χ2n) is 7.30. The molecule has 0 aliphatic heterocycles. The standard InChI is InChI=1S/C23H25NS/c1-14-11-21-17(4)18(5)24(22(21)12-15(14)2)8-6-19-13-23-20(7-9-25-23)10-16(19)3/h7,9-13H,6,8H2,1-5H3. The molecule has 0 bridgehead atoms. The Morgan fingerprint density at radius 2 is 1.64 bits per heavy atom. The molecule has 0 fully saturated rings. The van der Waals surface area contributed by atoms with Crippen LogP contribution in [0.4, 0.5) is 0 Å². The molecular weight excluding hydrogens is 322 g/mol. The summed E-state index contributed by atoms with van der Waals surface area (Å²) in [5.41, 5.74) is 9.84. The largest absolute Gasteiger partial charge is 0.344 e. The van der Waals surface area contributed by atoms with Crippen molar-refractivity contribution in [3.63, 3.8) is 0 Å². The first-order valence-electron chi connectivity index (χ1n) is 8.99. The van der Waals surface area contributed by atoms with Gasteiger partial charge in [0.25, 0.3) is 0 Å². The minimum absolute atomic E-state index is 1.04. The molecule has 25 heavy (non-hydrogen) atoms. The summed E-state index contributed by atoms with van der Waals surface area (Å²) in [6, 6.07) is 11.7. The van der Waals surface area contributed by atoms with Gasteiger partial charge in [-0.1, -0.05) is 6.07 Å². The fourth-order valence-electron chi connectivity index (χ4n) is 3.86. The molecule has 128 valence electrons. The lowest BCUT2D eigenvalue weighted by Crippen LogP contribution is -2.04.